The summed E-state index contributed by atoms with van der Waals surface area (Å²) in [5.41, 5.74) is 0.985. The fourth-order valence-corrected chi connectivity index (χ4v) is 2.32. The highest BCUT2D eigenvalue weighted by Gasteiger charge is 2.06. The van der Waals surface area contributed by atoms with E-state index in [0.717, 1.165) is 15.4 Å². The van der Waals surface area contributed by atoms with Crippen LogP contribution in [0, 0.1) is 0 Å². The molecule has 0 aliphatic heterocycles. The lowest BCUT2D eigenvalue weighted by atomic mass is 10.2. The first kappa shape index (κ1) is 12.6. The van der Waals surface area contributed by atoms with Crippen LogP contribution in [0.1, 0.15) is 12.5 Å². The van der Waals surface area contributed by atoms with Gasteiger partial charge in [-0.15, -0.1) is 0 Å². The molecular weight excluding hydrogens is 242 g/mol. The van der Waals surface area contributed by atoms with E-state index in [1.807, 2.05) is 48.5 Å². The van der Waals surface area contributed by atoms with Gasteiger partial charge in [0.05, 0.1) is 4.91 Å². The van der Waals surface area contributed by atoms with Gasteiger partial charge in [-0.2, -0.15) is 0 Å². The lowest BCUT2D eigenvalue weighted by Crippen LogP contribution is -1.92. The number of carbonyl (C=O) groups excluding carboxylic acids is 1. The van der Waals surface area contributed by atoms with Crippen LogP contribution >= 0.6 is 11.8 Å². The third kappa shape index (κ3) is 3.57. The second-order valence-electron chi connectivity index (χ2n) is 3.76. The van der Waals surface area contributed by atoms with Crippen LogP contribution in [-0.2, 0) is 4.79 Å². The van der Waals surface area contributed by atoms with Crippen molar-refractivity contribution >= 4 is 23.6 Å². The Bertz CT molecular complexity index is 549. The van der Waals surface area contributed by atoms with Crippen molar-refractivity contribution in [1.82, 2.24) is 4.98 Å². The maximum atomic E-state index is 11.6. The molecule has 0 fully saturated rings. The topological polar surface area (TPSA) is 30.0 Å². The molecule has 0 unspecified atom stereocenters. The van der Waals surface area contributed by atoms with Gasteiger partial charge in [-0.05, 0) is 42.8 Å². The van der Waals surface area contributed by atoms with Crippen molar-refractivity contribution in [2.75, 3.05) is 0 Å². The van der Waals surface area contributed by atoms with Gasteiger partial charge in [-0.25, -0.2) is 0 Å². The Morgan fingerprint density at radius 2 is 1.78 bits per heavy atom. The quantitative estimate of drug-likeness (QED) is 0.614. The Morgan fingerprint density at radius 1 is 1.11 bits per heavy atom. The van der Waals surface area contributed by atoms with Crippen LogP contribution in [0.25, 0.3) is 6.08 Å². The molecule has 1 aromatic carbocycles. The van der Waals surface area contributed by atoms with Crippen molar-refractivity contribution in [1.29, 1.82) is 0 Å². The minimum absolute atomic E-state index is 0.0701. The van der Waals surface area contributed by atoms with Crippen LogP contribution in [0.2, 0.25) is 0 Å². The summed E-state index contributed by atoms with van der Waals surface area (Å²) in [7, 11) is 0. The molecule has 0 bridgehead atoms. The number of nitrogens with zero attached hydrogens (tertiary/aromatic N) is 1. The molecule has 2 rings (SSSR count). The predicted molar refractivity (Wildman–Crippen MR) is 75.2 cm³/mol. The average molecular weight is 255 g/mol. The van der Waals surface area contributed by atoms with E-state index < -0.39 is 0 Å². The Hall–Kier alpha value is -1.87. The molecule has 0 N–H and O–H groups in total. The molecule has 0 spiro atoms. The molecule has 0 atom stereocenters. The summed E-state index contributed by atoms with van der Waals surface area (Å²) >= 11 is 1.48. The summed E-state index contributed by atoms with van der Waals surface area (Å²) in [6.07, 6.45) is 5.33. The van der Waals surface area contributed by atoms with Crippen molar-refractivity contribution in [3.05, 3.63) is 65.3 Å². The number of carbonyl (C=O) groups is 1. The largest absolute Gasteiger partial charge is 0.294 e. The summed E-state index contributed by atoms with van der Waals surface area (Å²) < 4.78 is 0. The van der Waals surface area contributed by atoms with Crippen LogP contribution in [0.3, 0.4) is 0 Å². The van der Waals surface area contributed by atoms with Crippen LogP contribution in [0.15, 0.2) is 64.7 Å². The first-order valence-corrected chi connectivity index (χ1v) is 6.43. The lowest BCUT2D eigenvalue weighted by Gasteiger charge is -2.03. The maximum absolute atomic E-state index is 11.6. The van der Waals surface area contributed by atoms with Crippen molar-refractivity contribution < 1.29 is 4.79 Å². The van der Waals surface area contributed by atoms with E-state index in [4.69, 9.17) is 0 Å². The molecule has 0 aliphatic carbocycles. The first-order valence-electron chi connectivity index (χ1n) is 5.61. The molecule has 1 aromatic heterocycles. The number of hydrogen-bond acceptors (Lipinski definition) is 3. The van der Waals surface area contributed by atoms with E-state index >= 15 is 0 Å². The van der Waals surface area contributed by atoms with E-state index in [2.05, 4.69) is 4.98 Å². The Labute approximate surface area is 111 Å². The molecule has 3 heteroatoms. The molecule has 0 saturated heterocycles. The molecule has 2 nitrogen and oxygen atoms in total. The number of allylic oxidation sites excluding steroid dienone is 1. The zero-order valence-corrected chi connectivity index (χ0v) is 10.9. The number of benzene rings is 1. The van der Waals surface area contributed by atoms with Crippen LogP contribution < -0.4 is 0 Å². The first-order chi connectivity index (χ1) is 8.75. The Kier molecular flexibility index (Phi) is 4.31. The van der Waals surface area contributed by atoms with Gasteiger partial charge in [0.1, 0.15) is 0 Å². The molecule has 1 heterocycles. The maximum Gasteiger partial charge on any atom is 0.166 e. The van der Waals surface area contributed by atoms with Crippen molar-refractivity contribution in [3.63, 3.8) is 0 Å². The normalized spacial score (nSPS) is 11.3. The Balaban J connectivity index is 2.25. The molecule has 18 heavy (non-hydrogen) atoms. The number of thioether (sulfide) groups is 1. The highest BCUT2D eigenvalue weighted by atomic mass is 32.2. The summed E-state index contributed by atoms with van der Waals surface area (Å²) in [5, 5.41) is 0. The number of Topliss-reactive ketones (excluding diaryl/α,β-unsaturated/α-hetero) is 1. The van der Waals surface area contributed by atoms with Gasteiger partial charge < -0.3 is 0 Å². The zero-order valence-electron chi connectivity index (χ0n) is 10.0. The summed E-state index contributed by atoms with van der Waals surface area (Å²) in [6, 6.07) is 13.6. The molecule has 0 radical (unpaired) electrons. The van der Waals surface area contributed by atoms with E-state index in [1.165, 1.54) is 11.8 Å². The smallest absolute Gasteiger partial charge is 0.166 e. The monoisotopic (exact) mass is 255 g/mol. The van der Waals surface area contributed by atoms with Gasteiger partial charge in [0.15, 0.2) is 5.78 Å². The molecule has 0 saturated carbocycles. The third-order valence-corrected chi connectivity index (χ3v) is 3.45. The highest BCUT2D eigenvalue weighted by Crippen LogP contribution is 2.28. The van der Waals surface area contributed by atoms with Crippen molar-refractivity contribution in [2.24, 2.45) is 0 Å². The predicted octanol–water partition coefficient (Wildman–Crippen LogP) is 3.80. The number of aromatic nitrogens is 1. The fraction of sp³-hybridized carbons (Fsp3) is 0.0667. The molecular formula is C15H13NOS. The van der Waals surface area contributed by atoms with Crippen molar-refractivity contribution in [3.8, 4) is 0 Å². The minimum Gasteiger partial charge on any atom is -0.294 e. The Morgan fingerprint density at radius 3 is 2.39 bits per heavy atom. The van der Waals surface area contributed by atoms with Crippen LogP contribution in [-0.4, -0.2) is 10.8 Å². The van der Waals surface area contributed by atoms with E-state index in [-0.39, 0.29) is 5.78 Å². The van der Waals surface area contributed by atoms with Gasteiger partial charge in [-0.3, -0.25) is 9.78 Å². The summed E-state index contributed by atoms with van der Waals surface area (Å²) in [4.78, 5) is 17.4. The summed E-state index contributed by atoms with van der Waals surface area (Å²) in [5.74, 6) is 0.0701. The molecule has 0 aliphatic rings. The standard InChI is InChI=1S/C15H13NOS/c1-12(17)15(11-13-7-9-16-10-8-13)18-14-5-3-2-4-6-14/h2-11H,1H3/b15-11+. The van der Waals surface area contributed by atoms with Gasteiger partial charge in [0.25, 0.3) is 0 Å². The van der Waals surface area contributed by atoms with Crippen molar-refractivity contribution in [2.45, 2.75) is 11.8 Å². The zero-order chi connectivity index (χ0) is 12.8. The van der Waals surface area contributed by atoms with Gasteiger partial charge in [0, 0.05) is 17.3 Å². The van der Waals surface area contributed by atoms with Crippen LogP contribution in [0.4, 0.5) is 0 Å². The van der Waals surface area contributed by atoms with Gasteiger partial charge in [0.2, 0.25) is 0 Å². The van der Waals surface area contributed by atoms with E-state index in [9.17, 15) is 4.79 Å². The number of hydrogen-bond donors (Lipinski definition) is 0. The number of rotatable bonds is 4. The average Bonchev–Trinajstić information content (AvgIpc) is 2.40. The molecule has 0 amide bonds. The second kappa shape index (κ2) is 6.17. The lowest BCUT2D eigenvalue weighted by molar-refractivity contribution is -0.112. The van der Waals surface area contributed by atoms with Gasteiger partial charge >= 0.3 is 0 Å². The minimum atomic E-state index is 0.0701. The highest BCUT2D eigenvalue weighted by molar-refractivity contribution is 8.04. The molecule has 2 aromatic rings. The van der Waals surface area contributed by atoms with E-state index in [0.29, 0.717) is 0 Å². The third-order valence-electron chi connectivity index (χ3n) is 2.32. The molecule has 90 valence electrons. The van der Waals surface area contributed by atoms with Gasteiger partial charge in [-0.1, -0.05) is 30.0 Å². The number of ketones is 1. The SMILES string of the molecule is CC(=O)/C(=C\c1ccncc1)Sc1ccccc1. The van der Waals surface area contributed by atoms with E-state index in [1.54, 1.807) is 19.3 Å². The number of pyridine rings is 1. The fourth-order valence-electron chi connectivity index (χ4n) is 1.43. The summed E-state index contributed by atoms with van der Waals surface area (Å²) in [6.45, 7) is 1.59. The second-order valence-corrected chi connectivity index (χ2v) is 4.88. The van der Waals surface area contributed by atoms with Crippen LogP contribution in [0.5, 0.6) is 0 Å².